The summed E-state index contributed by atoms with van der Waals surface area (Å²) in [6, 6.07) is 2.22. The van der Waals surface area contributed by atoms with Crippen molar-refractivity contribution >= 4 is 44.2 Å². The Bertz CT molecular complexity index is 850. The molecule has 1 saturated carbocycles. The molecule has 2 aromatic rings. The van der Waals surface area contributed by atoms with Crippen molar-refractivity contribution in [1.29, 1.82) is 0 Å². The van der Waals surface area contributed by atoms with Crippen molar-refractivity contribution in [2.75, 3.05) is 13.1 Å². The molecule has 2 amide bonds. The number of carbonyl (C=O) groups is 2. The molecule has 1 saturated heterocycles. The topological polar surface area (TPSA) is 80.8 Å². The van der Waals surface area contributed by atoms with E-state index in [0.29, 0.717) is 29.2 Å². The van der Waals surface area contributed by atoms with Crippen LogP contribution < -0.4 is 10.1 Å². The van der Waals surface area contributed by atoms with Crippen LogP contribution in [0.15, 0.2) is 6.07 Å². The van der Waals surface area contributed by atoms with E-state index in [-0.39, 0.29) is 18.1 Å². The molecule has 1 aliphatic carbocycles. The Balaban J connectivity index is 1.33. The molecule has 2 fully saturated rings. The molecular formula is C19H25N3O4S2. The first-order valence-corrected chi connectivity index (χ1v) is 11.3. The van der Waals surface area contributed by atoms with Gasteiger partial charge in [-0.25, -0.2) is 4.79 Å². The van der Waals surface area contributed by atoms with E-state index in [2.05, 4.69) is 10.3 Å². The summed E-state index contributed by atoms with van der Waals surface area (Å²) in [7, 11) is 0. The van der Waals surface area contributed by atoms with Gasteiger partial charge in [-0.2, -0.15) is 4.98 Å². The predicted octanol–water partition coefficient (Wildman–Crippen LogP) is 4.03. The van der Waals surface area contributed by atoms with E-state index in [1.807, 2.05) is 26.8 Å². The average molecular weight is 424 g/mol. The number of thiazole rings is 1. The zero-order chi connectivity index (χ0) is 19.9. The van der Waals surface area contributed by atoms with Gasteiger partial charge in [0.05, 0.1) is 16.1 Å². The highest BCUT2D eigenvalue weighted by atomic mass is 32.1. The van der Waals surface area contributed by atoms with E-state index in [1.165, 1.54) is 29.1 Å². The largest absolute Gasteiger partial charge is 0.465 e. The van der Waals surface area contributed by atoms with E-state index in [1.54, 1.807) is 4.90 Å². The highest BCUT2D eigenvalue weighted by Crippen LogP contribution is 2.35. The standard InChI is InChI=1S/C19H25N3O4S2/c1-19(2,3)26-18(24)22-8-7-12(10-22)25-17-21-16-14(28-17)9-13(27-16)15(23)20-11-5-4-6-11/h9,11-12H,4-8,10H2,1-3H3,(H,20,23)/t12-/m1/s1. The summed E-state index contributed by atoms with van der Waals surface area (Å²) in [5, 5.41) is 3.64. The minimum absolute atomic E-state index is 0.00818. The maximum absolute atomic E-state index is 12.3. The highest BCUT2D eigenvalue weighted by Gasteiger charge is 2.31. The first-order chi connectivity index (χ1) is 13.3. The number of carbonyl (C=O) groups excluding carboxylic acids is 2. The number of aromatic nitrogens is 1. The summed E-state index contributed by atoms with van der Waals surface area (Å²) in [6.07, 6.45) is 3.70. The summed E-state index contributed by atoms with van der Waals surface area (Å²) in [5.74, 6) is -0.00818. The van der Waals surface area contributed by atoms with Gasteiger partial charge >= 0.3 is 6.09 Å². The third-order valence-corrected chi connectivity index (χ3v) is 6.85. The van der Waals surface area contributed by atoms with Crippen molar-refractivity contribution in [2.45, 2.75) is 64.2 Å². The number of nitrogens with one attached hydrogen (secondary N) is 1. The van der Waals surface area contributed by atoms with Crippen molar-refractivity contribution in [3.8, 4) is 5.19 Å². The van der Waals surface area contributed by atoms with E-state index in [4.69, 9.17) is 9.47 Å². The van der Waals surface area contributed by atoms with Crippen LogP contribution in [-0.2, 0) is 4.74 Å². The fourth-order valence-electron chi connectivity index (χ4n) is 3.15. The smallest absolute Gasteiger partial charge is 0.410 e. The van der Waals surface area contributed by atoms with Crippen LogP contribution in [0.25, 0.3) is 9.53 Å². The molecule has 7 nitrogen and oxygen atoms in total. The van der Waals surface area contributed by atoms with Gasteiger partial charge < -0.3 is 19.7 Å². The molecule has 0 aromatic carbocycles. The number of likely N-dealkylation sites (tertiary alicyclic amines) is 1. The predicted molar refractivity (Wildman–Crippen MR) is 109 cm³/mol. The summed E-state index contributed by atoms with van der Waals surface area (Å²) in [6.45, 7) is 6.69. The SMILES string of the molecule is CC(C)(C)OC(=O)N1CC[C@@H](Oc2nc3sc(C(=O)NC4CCC4)cc3s2)C1. The molecule has 152 valence electrons. The number of thiophene rings is 1. The molecule has 0 unspecified atom stereocenters. The van der Waals surface area contributed by atoms with Gasteiger partial charge in [0, 0.05) is 19.0 Å². The van der Waals surface area contributed by atoms with Crippen molar-refractivity contribution in [3.05, 3.63) is 10.9 Å². The van der Waals surface area contributed by atoms with Gasteiger partial charge in [-0.05, 0) is 46.1 Å². The van der Waals surface area contributed by atoms with Gasteiger partial charge in [0.1, 0.15) is 16.5 Å². The zero-order valence-electron chi connectivity index (χ0n) is 16.3. The lowest BCUT2D eigenvalue weighted by Crippen LogP contribution is -2.39. The van der Waals surface area contributed by atoms with Crippen LogP contribution in [0.4, 0.5) is 4.79 Å². The quantitative estimate of drug-likeness (QED) is 0.803. The molecule has 4 rings (SSSR count). The zero-order valence-corrected chi connectivity index (χ0v) is 18.0. The summed E-state index contributed by atoms with van der Waals surface area (Å²) >= 11 is 2.84. The van der Waals surface area contributed by atoms with Crippen LogP contribution >= 0.6 is 22.7 Å². The monoisotopic (exact) mass is 423 g/mol. The van der Waals surface area contributed by atoms with Gasteiger partial charge in [-0.1, -0.05) is 11.3 Å². The molecule has 1 atom stereocenters. The Labute approximate surface area is 172 Å². The maximum atomic E-state index is 12.3. The lowest BCUT2D eigenvalue weighted by atomic mass is 9.93. The van der Waals surface area contributed by atoms with Crippen molar-refractivity contribution in [1.82, 2.24) is 15.2 Å². The maximum Gasteiger partial charge on any atom is 0.410 e. The first kappa shape index (κ1) is 19.4. The van der Waals surface area contributed by atoms with Crippen LogP contribution in [-0.4, -0.2) is 52.7 Å². The second-order valence-electron chi connectivity index (χ2n) is 8.32. The van der Waals surface area contributed by atoms with Crippen molar-refractivity contribution in [3.63, 3.8) is 0 Å². The number of fused-ring (bicyclic) bond motifs is 1. The molecule has 0 bridgehead atoms. The van der Waals surface area contributed by atoms with E-state index in [9.17, 15) is 9.59 Å². The molecule has 0 radical (unpaired) electrons. The fourth-order valence-corrected chi connectivity index (χ4v) is 5.17. The fraction of sp³-hybridized carbons (Fsp3) is 0.632. The third kappa shape index (κ3) is 4.41. The molecule has 3 heterocycles. The molecule has 2 aliphatic rings. The number of ether oxygens (including phenoxy) is 2. The number of amides is 2. The Hall–Kier alpha value is -1.87. The highest BCUT2D eigenvalue weighted by molar-refractivity contribution is 7.28. The molecule has 9 heteroatoms. The van der Waals surface area contributed by atoms with E-state index >= 15 is 0 Å². The van der Waals surface area contributed by atoms with Gasteiger partial charge in [-0.15, -0.1) is 11.3 Å². The van der Waals surface area contributed by atoms with E-state index < -0.39 is 5.60 Å². The van der Waals surface area contributed by atoms with Crippen LogP contribution in [0.2, 0.25) is 0 Å². The van der Waals surface area contributed by atoms with E-state index in [0.717, 1.165) is 28.8 Å². The Morgan fingerprint density at radius 3 is 2.68 bits per heavy atom. The number of rotatable bonds is 4. The molecule has 0 spiro atoms. The normalized spacial score (nSPS) is 20.2. The Kier molecular flexibility index (Phi) is 5.22. The molecule has 2 aromatic heterocycles. The van der Waals surface area contributed by atoms with Crippen LogP contribution in [0, 0.1) is 0 Å². The molecular weight excluding hydrogens is 398 g/mol. The van der Waals surface area contributed by atoms with Crippen LogP contribution in [0.1, 0.15) is 56.1 Å². The van der Waals surface area contributed by atoms with Gasteiger partial charge in [0.25, 0.3) is 11.1 Å². The molecule has 1 aliphatic heterocycles. The number of hydrogen-bond donors (Lipinski definition) is 1. The summed E-state index contributed by atoms with van der Waals surface area (Å²) in [5.41, 5.74) is -0.502. The average Bonchev–Trinajstić information content (AvgIpc) is 3.23. The van der Waals surface area contributed by atoms with Crippen molar-refractivity contribution in [2.24, 2.45) is 0 Å². The third-order valence-electron chi connectivity index (χ3n) is 4.80. The van der Waals surface area contributed by atoms with Crippen molar-refractivity contribution < 1.29 is 19.1 Å². The van der Waals surface area contributed by atoms with Crippen LogP contribution in [0.5, 0.6) is 5.19 Å². The van der Waals surface area contributed by atoms with Gasteiger partial charge in [0.2, 0.25) is 0 Å². The van der Waals surface area contributed by atoms with Crippen LogP contribution in [0.3, 0.4) is 0 Å². The summed E-state index contributed by atoms with van der Waals surface area (Å²) < 4.78 is 12.4. The Morgan fingerprint density at radius 1 is 1.25 bits per heavy atom. The Morgan fingerprint density at radius 2 is 2.04 bits per heavy atom. The first-order valence-electron chi connectivity index (χ1n) is 9.63. The lowest BCUT2D eigenvalue weighted by molar-refractivity contribution is 0.0275. The van der Waals surface area contributed by atoms with Gasteiger partial charge in [0.15, 0.2) is 0 Å². The molecule has 28 heavy (non-hydrogen) atoms. The number of nitrogens with zero attached hydrogens (tertiary/aromatic N) is 2. The molecule has 1 N–H and O–H groups in total. The second-order valence-corrected chi connectivity index (χ2v) is 10.3. The summed E-state index contributed by atoms with van der Waals surface area (Å²) in [4.78, 5) is 32.2. The minimum atomic E-state index is -0.502. The lowest BCUT2D eigenvalue weighted by Gasteiger charge is -2.25. The number of hydrogen-bond acceptors (Lipinski definition) is 7. The second kappa shape index (κ2) is 7.51. The van der Waals surface area contributed by atoms with Gasteiger partial charge in [-0.3, -0.25) is 4.79 Å². The minimum Gasteiger partial charge on any atom is -0.465 e.